The topological polar surface area (TPSA) is 85.3 Å². The summed E-state index contributed by atoms with van der Waals surface area (Å²) in [6, 6.07) is 11.5. The van der Waals surface area contributed by atoms with Crippen LogP contribution in [-0.4, -0.2) is 42.1 Å². The Kier molecular flexibility index (Phi) is 8.20. The maximum Gasteiger partial charge on any atom is 0.527 e. The zero-order valence-electron chi connectivity index (χ0n) is 19.3. The number of fused-ring (bicyclic) bond motifs is 1. The number of carboxylic acid groups (broad SMARTS) is 1. The van der Waals surface area contributed by atoms with Gasteiger partial charge >= 0.3 is 12.1 Å². The number of hydrogen-bond donors (Lipinski definition) is 1. The monoisotopic (exact) mass is 535 g/mol. The van der Waals surface area contributed by atoms with Gasteiger partial charge in [0, 0.05) is 23.6 Å². The molecule has 0 spiro atoms. The maximum absolute atomic E-state index is 14.7. The minimum atomic E-state index is -1.23. The van der Waals surface area contributed by atoms with Crippen molar-refractivity contribution in [2.75, 3.05) is 19.8 Å². The molecule has 1 heterocycles. The standard InChI is InChI=1S/C26H21ClF3NO6/c27-16-4-7-22(36-14-23(32)33)20(13-16)25-19-5-6-21(29)24(30)18(19)8-10-31(25)37-26(34)35-11-9-15-2-1-3-17(28)12-15/h1-7,12-13,25H,8-11,14H2,(H,32,33)/t25-/m0/s1. The lowest BCUT2D eigenvalue weighted by molar-refractivity contribution is -0.151. The summed E-state index contributed by atoms with van der Waals surface area (Å²) >= 11 is 6.19. The number of aliphatic carboxylic acids is 1. The fourth-order valence-electron chi connectivity index (χ4n) is 4.12. The van der Waals surface area contributed by atoms with Crippen LogP contribution in [0.4, 0.5) is 18.0 Å². The second kappa shape index (κ2) is 11.5. The van der Waals surface area contributed by atoms with Gasteiger partial charge < -0.3 is 19.4 Å². The van der Waals surface area contributed by atoms with Gasteiger partial charge in [-0.2, -0.15) is 0 Å². The smallest absolute Gasteiger partial charge is 0.482 e. The third-order valence-corrected chi connectivity index (χ3v) is 5.94. The lowest BCUT2D eigenvalue weighted by atomic mass is 9.88. The van der Waals surface area contributed by atoms with Crippen LogP contribution in [0.3, 0.4) is 0 Å². The molecule has 0 fully saturated rings. The largest absolute Gasteiger partial charge is 0.527 e. The minimum absolute atomic E-state index is 0.0118. The summed E-state index contributed by atoms with van der Waals surface area (Å²) in [6.07, 6.45) is -0.814. The first-order valence-corrected chi connectivity index (χ1v) is 11.6. The molecular formula is C26H21ClF3NO6. The fourth-order valence-corrected chi connectivity index (χ4v) is 4.30. The van der Waals surface area contributed by atoms with Crippen LogP contribution in [0.25, 0.3) is 0 Å². The van der Waals surface area contributed by atoms with E-state index in [1.807, 2.05) is 0 Å². The average Bonchev–Trinajstić information content (AvgIpc) is 2.85. The Morgan fingerprint density at radius 2 is 1.86 bits per heavy atom. The highest BCUT2D eigenvalue weighted by Gasteiger charge is 2.36. The second-order valence-electron chi connectivity index (χ2n) is 8.16. The van der Waals surface area contributed by atoms with Gasteiger partial charge in [-0.05, 0) is 59.5 Å². The summed E-state index contributed by atoms with van der Waals surface area (Å²) in [5.74, 6) is -3.61. The summed E-state index contributed by atoms with van der Waals surface area (Å²) in [6.45, 7) is -0.807. The van der Waals surface area contributed by atoms with Gasteiger partial charge in [0.15, 0.2) is 18.2 Å². The lowest BCUT2D eigenvalue weighted by Crippen LogP contribution is -2.39. The van der Waals surface area contributed by atoms with Crippen LogP contribution >= 0.6 is 11.6 Å². The predicted octanol–water partition coefficient (Wildman–Crippen LogP) is 5.48. The van der Waals surface area contributed by atoms with E-state index < -0.39 is 42.2 Å². The number of carbonyl (C=O) groups excluding carboxylic acids is 1. The van der Waals surface area contributed by atoms with E-state index in [2.05, 4.69) is 0 Å². The van der Waals surface area contributed by atoms with Crippen LogP contribution in [0.15, 0.2) is 54.6 Å². The summed E-state index contributed by atoms with van der Waals surface area (Å²) in [5, 5.41) is 10.5. The van der Waals surface area contributed by atoms with Crippen molar-refractivity contribution in [1.82, 2.24) is 5.06 Å². The van der Waals surface area contributed by atoms with Gasteiger partial charge in [-0.3, -0.25) is 0 Å². The van der Waals surface area contributed by atoms with E-state index >= 15 is 0 Å². The molecule has 37 heavy (non-hydrogen) atoms. The number of ether oxygens (including phenoxy) is 2. The number of nitrogens with zero attached hydrogens (tertiary/aromatic N) is 1. The highest BCUT2D eigenvalue weighted by Crippen LogP contribution is 2.41. The molecule has 0 aromatic heterocycles. The van der Waals surface area contributed by atoms with Crippen LogP contribution in [-0.2, 0) is 27.2 Å². The molecule has 1 atom stereocenters. The van der Waals surface area contributed by atoms with Gasteiger partial charge in [-0.15, -0.1) is 5.06 Å². The molecular weight excluding hydrogens is 515 g/mol. The SMILES string of the molecule is O=C(O)COc1ccc(Cl)cc1[C@@H]1c2ccc(F)c(F)c2CCN1OC(=O)OCCc1cccc(F)c1. The van der Waals surface area contributed by atoms with Gasteiger partial charge in [0.2, 0.25) is 0 Å². The van der Waals surface area contributed by atoms with Crippen molar-refractivity contribution in [2.45, 2.75) is 18.9 Å². The number of carbonyl (C=O) groups is 2. The molecule has 0 saturated heterocycles. The van der Waals surface area contributed by atoms with Crippen LogP contribution in [0.1, 0.15) is 28.3 Å². The molecule has 0 aliphatic carbocycles. The van der Waals surface area contributed by atoms with Crippen LogP contribution in [0, 0.1) is 17.5 Å². The van der Waals surface area contributed by atoms with E-state index in [0.717, 1.165) is 6.07 Å². The van der Waals surface area contributed by atoms with E-state index in [1.165, 1.54) is 47.5 Å². The Bertz CT molecular complexity index is 1320. The van der Waals surface area contributed by atoms with Crippen molar-refractivity contribution in [3.63, 3.8) is 0 Å². The van der Waals surface area contributed by atoms with Gasteiger partial charge in [0.1, 0.15) is 17.6 Å². The first kappa shape index (κ1) is 26.3. The molecule has 7 nitrogen and oxygen atoms in total. The first-order chi connectivity index (χ1) is 17.7. The molecule has 3 aromatic rings. The molecule has 1 aliphatic rings. The van der Waals surface area contributed by atoms with Crippen LogP contribution in [0.2, 0.25) is 5.02 Å². The van der Waals surface area contributed by atoms with Gasteiger partial charge in [-0.25, -0.2) is 22.8 Å². The van der Waals surface area contributed by atoms with Crippen molar-refractivity contribution in [3.8, 4) is 5.75 Å². The Hall–Kier alpha value is -3.76. The van der Waals surface area contributed by atoms with E-state index in [4.69, 9.17) is 31.0 Å². The summed E-state index contributed by atoms with van der Waals surface area (Å²) in [5.41, 5.74) is 1.25. The third kappa shape index (κ3) is 6.33. The molecule has 0 saturated carbocycles. The zero-order chi connectivity index (χ0) is 26.5. The van der Waals surface area contributed by atoms with Crippen LogP contribution < -0.4 is 4.74 Å². The van der Waals surface area contributed by atoms with E-state index in [1.54, 1.807) is 6.07 Å². The Morgan fingerprint density at radius 3 is 2.62 bits per heavy atom. The minimum Gasteiger partial charge on any atom is -0.482 e. The number of halogens is 4. The van der Waals surface area contributed by atoms with Crippen molar-refractivity contribution in [1.29, 1.82) is 0 Å². The first-order valence-electron chi connectivity index (χ1n) is 11.2. The number of carboxylic acids is 1. The highest BCUT2D eigenvalue weighted by atomic mass is 35.5. The zero-order valence-corrected chi connectivity index (χ0v) is 20.0. The molecule has 3 aromatic carbocycles. The molecule has 4 rings (SSSR count). The van der Waals surface area contributed by atoms with Gasteiger partial charge in [0.25, 0.3) is 0 Å². The summed E-state index contributed by atoms with van der Waals surface area (Å²) in [4.78, 5) is 29.0. The van der Waals surface area contributed by atoms with Crippen molar-refractivity contribution in [2.24, 2.45) is 0 Å². The average molecular weight is 536 g/mol. The van der Waals surface area contributed by atoms with Crippen LogP contribution in [0.5, 0.6) is 5.75 Å². The molecule has 1 aliphatic heterocycles. The summed E-state index contributed by atoms with van der Waals surface area (Å²) in [7, 11) is 0. The van der Waals surface area contributed by atoms with E-state index in [9.17, 15) is 22.8 Å². The van der Waals surface area contributed by atoms with Crippen molar-refractivity contribution < 1.29 is 42.2 Å². The molecule has 1 N–H and O–H groups in total. The predicted molar refractivity (Wildman–Crippen MR) is 126 cm³/mol. The number of hydroxylamine groups is 2. The normalized spacial score (nSPS) is 15.1. The van der Waals surface area contributed by atoms with E-state index in [0.29, 0.717) is 5.56 Å². The Balaban J connectivity index is 1.60. The second-order valence-corrected chi connectivity index (χ2v) is 8.59. The number of benzene rings is 3. The third-order valence-electron chi connectivity index (χ3n) is 5.71. The molecule has 0 radical (unpaired) electrons. The van der Waals surface area contributed by atoms with Gasteiger partial charge in [0.05, 0.1) is 6.61 Å². The number of rotatable bonds is 8. The van der Waals surface area contributed by atoms with E-state index in [-0.39, 0.29) is 53.5 Å². The fraction of sp³-hybridized carbons (Fsp3) is 0.231. The van der Waals surface area contributed by atoms with Crippen molar-refractivity contribution >= 4 is 23.7 Å². The Labute approximate surface area is 214 Å². The Morgan fingerprint density at radius 1 is 1.05 bits per heavy atom. The van der Waals surface area contributed by atoms with Gasteiger partial charge in [-0.1, -0.05) is 29.8 Å². The quantitative estimate of drug-likeness (QED) is 0.382. The lowest BCUT2D eigenvalue weighted by Gasteiger charge is -2.36. The highest BCUT2D eigenvalue weighted by molar-refractivity contribution is 6.30. The molecule has 0 bridgehead atoms. The summed E-state index contributed by atoms with van der Waals surface area (Å²) < 4.78 is 52.5. The van der Waals surface area contributed by atoms with Crippen molar-refractivity contribution in [3.05, 3.63) is 99.3 Å². The molecule has 11 heteroatoms. The molecule has 0 unspecified atom stereocenters. The molecule has 0 amide bonds. The maximum atomic E-state index is 14.7. The molecule has 194 valence electrons. The number of hydrogen-bond acceptors (Lipinski definition) is 6.